The van der Waals surface area contributed by atoms with E-state index in [9.17, 15) is 10.2 Å². The van der Waals surface area contributed by atoms with E-state index in [-0.39, 0.29) is 23.6 Å². The molecule has 0 bridgehead atoms. The van der Waals surface area contributed by atoms with Gasteiger partial charge in [-0.3, -0.25) is 0 Å². The lowest BCUT2D eigenvalue weighted by molar-refractivity contribution is 0.182. The number of aliphatic hydroxyl groups is 1. The minimum absolute atomic E-state index is 0.0640. The van der Waals surface area contributed by atoms with Crippen LogP contribution in [0, 0.1) is 0 Å². The van der Waals surface area contributed by atoms with Gasteiger partial charge in [-0.15, -0.1) is 0 Å². The molecule has 0 saturated carbocycles. The molecule has 0 spiro atoms. The van der Waals surface area contributed by atoms with Gasteiger partial charge in [-0.05, 0) is 45.0 Å². The molecule has 0 fully saturated rings. The SMILES string of the molecule is CC(O)CCNC(C)c1cc(O)ccc1O. The minimum Gasteiger partial charge on any atom is -0.508 e. The maximum Gasteiger partial charge on any atom is 0.120 e. The zero-order valence-corrected chi connectivity index (χ0v) is 9.64. The molecule has 4 heteroatoms. The van der Waals surface area contributed by atoms with Crippen LogP contribution in [0.25, 0.3) is 0 Å². The van der Waals surface area contributed by atoms with Crippen LogP contribution in [0.1, 0.15) is 31.9 Å². The molecular formula is C12H19NO3. The number of aliphatic hydroxyl groups excluding tert-OH is 1. The third-order valence-electron chi connectivity index (χ3n) is 2.49. The Kier molecular flexibility index (Phi) is 4.58. The Morgan fingerprint density at radius 3 is 2.56 bits per heavy atom. The topological polar surface area (TPSA) is 72.7 Å². The van der Waals surface area contributed by atoms with Gasteiger partial charge in [0.25, 0.3) is 0 Å². The Bertz CT molecular complexity index is 339. The van der Waals surface area contributed by atoms with Gasteiger partial charge in [0.05, 0.1) is 6.10 Å². The first-order valence-electron chi connectivity index (χ1n) is 5.44. The number of phenols is 2. The molecule has 0 aliphatic heterocycles. The standard InChI is InChI=1S/C12H19NO3/c1-8(14)5-6-13-9(2)11-7-10(15)3-4-12(11)16/h3-4,7-9,13-16H,5-6H2,1-2H3. The number of benzene rings is 1. The second kappa shape index (κ2) is 5.72. The van der Waals surface area contributed by atoms with E-state index in [1.807, 2.05) is 6.92 Å². The zero-order chi connectivity index (χ0) is 12.1. The van der Waals surface area contributed by atoms with E-state index in [1.165, 1.54) is 18.2 Å². The van der Waals surface area contributed by atoms with Gasteiger partial charge in [0, 0.05) is 11.6 Å². The second-order valence-corrected chi connectivity index (χ2v) is 4.06. The minimum atomic E-state index is -0.336. The molecule has 2 unspecified atom stereocenters. The lowest BCUT2D eigenvalue weighted by Gasteiger charge is -2.16. The maximum absolute atomic E-state index is 9.61. The molecule has 1 aromatic carbocycles. The Morgan fingerprint density at radius 1 is 1.25 bits per heavy atom. The maximum atomic E-state index is 9.61. The Morgan fingerprint density at radius 2 is 1.94 bits per heavy atom. The summed E-state index contributed by atoms with van der Waals surface area (Å²) < 4.78 is 0. The molecule has 2 atom stereocenters. The Labute approximate surface area is 95.6 Å². The Hall–Kier alpha value is -1.26. The summed E-state index contributed by atoms with van der Waals surface area (Å²) in [6, 6.07) is 4.39. The average Bonchev–Trinajstić information content (AvgIpc) is 2.21. The van der Waals surface area contributed by atoms with E-state index in [4.69, 9.17) is 5.11 Å². The van der Waals surface area contributed by atoms with E-state index in [1.54, 1.807) is 6.92 Å². The molecule has 0 aliphatic carbocycles. The Balaban J connectivity index is 2.58. The largest absolute Gasteiger partial charge is 0.508 e. The molecule has 0 amide bonds. The molecule has 90 valence electrons. The van der Waals surface area contributed by atoms with E-state index in [0.29, 0.717) is 18.5 Å². The summed E-state index contributed by atoms with van der Waals surface area (Å²) in [5.74, 6) is 0.298. The fourth-order valence-corrected chi connectivity index (χ4v) is 1.51. The third kappa shape index (κ3) is 3.72. The number of phenolic OH excluding ortho intramolecular Hbond substituents is 2. The van der Waals surface area contributed by atoms with E-state index in [0.717, 1.165) is 0 Å². The van der Waals surface area contributed by atoms with Crippen LogP contribution in [0.5, 0.6) is 11.5 Å². The summed E-state index contributed by atoms with van der Waals surface area (Å²) in [7, 11) is 0. The number of hydrogen-bond acceptors (Lipinski definition) is 4. The van der Waals surface area contributed by atoms with Crippen LogP contribution >= 0.6 is 0 Å². The van der Waals surface area contributed by atoms with Crippen molar-refractivity contribution in [3.63, 3.8) is 0 Å². The summed E-state index contributed by atoms with van der Waals surface area (Å²) >= 11 is 0. The molecule has 4 nitrogen and oxygen atoms in total. The van der Waals surface area contributed by atoms with Gasteiger partial charge in [-0.25, -0.2) is 0 Å². The molecular weight excluding hydrogens is 206 g/mol. The van der Waals surface area contributed by atoms with Crippen molar-refractivity contribution in [1.29, 1.82) is 0 Å². The van der Waals surface area contributed by atoms with E-state index >= 15 is 0 Å². The molecule has 1 aromatic rings. The lowest BCUT2D eigenvalue weighted by atomic mass is 10.1. The highest BCUT2D eigenvalue weighted by molar-refractivity contribution is 5.40. The van der Waals surface area contributed by atoms with Crippen LogP contribution in [0.3, 0.4) is 0 Å². The van der Waals surface area contributed by atoms with Gasteiger partial charge >= 0.3 is 0 Å². The first kappa shape index (κ1) is 12.8. The van der Waals surface area contributed by atoms with Gasteiger partial charge in [-0.2, -0.15) is 0 Å². The predicted molar refractivity (Wildman–Crippen MR) is 62.5 cm³/mol. The quantitative estimate of drug-likeness (QED) is 0.573. The predicted octanol–water partition coefficient (Wildman–Crippen LogP) is 1.52. The lowest BCUT2D eigenvalue weighted by Crippen LogP contribution is -2.22. The van der Waals surface area contributed by atoms with Gasteiger partial charge in [0.1, 0.15) is 11.5 Å². The summed E-state index contributed by atoms with van der Waals surface area (Å²) in [6.07, 6.45) is 0.321. The first-order valence-corrected chi connectivity index (χ1v) is 5.44. The number of aromatic hydroxyl groups is 2. The molecule has 16 heavy (non-hydrogen) atoms. The van der Waals surface area contributed by atoms with Crippen LogP contribution in [0.4, 0.5) is 0 Å². The molecule has 4 N–H and O–H groups in total. The monoisotopic (exact) mass is 225 g/mol. The van der Waals surface area contributed by atoms with Crippen LogP contribution in [-0.2, 0) is 0 Å². The highest BCUT2D eigenvalue weighted by Gasteiger charge is 2.10. The van der Waals surface area contributed by atoms with Crippen molar-refractivity contribution in [3.05, 3.63) is 23.8 Å². The molecule has 0 aliphatic rings. The van der Waals surface area contributed by atoms with Gasteiger partial charge in [0.2, 0.25) is 0 Å². The molecule has 0 saturated heterocycles. The van der Waals surface area contributed by atoms with Crippen LogP contribution in [0.15, 0.2) is 18.2 Å². The third-order valence-corrected chi connectivity index (χ3v) is 2.49. The molecule has 1 rings (SSSR count). The van der Waals surface area contributed by atoms with Crippen molar-refractivity contribution in [2.45, 2.75) is 32.4 Å². The van der Waals surface area contributed by atoms with E-state index in [2.05, 4.69) is 5.32 Å². The van der Waals surface area contributed by atoms with Crippen molar-refractivity contribution < 1.29 is 15.3 Å². The molecule has 0 aromatic heterocycles. The van der Waals surface area contributed by atoms with Gasteiger partial charge in [0.15, 0.2) is 0 Å². The number of rotatable bonds is 5. The molecule has 0 radical (unpaired) electrons. The van der Waals surface area contributed by atoms with Crippen molar-refractivity contribution in [2.75, 3.05) is 6.54 Å². The highest BCUT2D eigenvalue weighted by atomic mass is 16.3. The summed E-state index contributed by atoms with van der Waals surface area (Å²) in [5.41, 5.74) is 0.658. The van der Waals surface area contributed by atoms with Crippen molar-refractivity contribution in [3.8, 4) is 11.5 Å². The fourth-order valence-electron chi connectivity index (χ4n) is 1.51. The zero-order valence-electron chi connectivity index (χ0n) is 9.64. The van der Waals surface area contributed by atoms with Crippen LogP contribution in [0.2, 0.25) is 0 Å². The van der Waals surface area contributed by atoms with Gasteiger partial charge < -0.3 is 20.6 Å². The van der Waals surface area contributed by atoms with Crippen LogP contribution < -0.4 is 5.32 Å². The molecule has 0 heterocycles. The summed E-state index contributed by atoms with van der Waals surface area (Å²) in [5, 5.41) is 31.2. The fraction of sp³-hybridized carbons (Fsp3) is 0.500. The average molecular weight is 225 g/mol. The van der Waals surface area contributed by atoms with Crippen molar-refractivity contribution in [1.82, 2.24) is 5.32 Å². The normalized spacial score (nSPS) is 14.7. The van der Waals surface area contributed by atoms with Crippen molar-refractivity contribution in [2.24, 2.45) is 0 Å². The van der Waals surface area contributed by atoms with E-state index < -0.39 is 0 Å². The number of hydrogen-bond donors (Lipinski definition) is 4. The number of nitrogens with one attached hydrogen (secondary N) is 1. The summed E-state index contributed by atoms with van der Waals surface area (Å²) in [4.78, 5) is 0. The van der Waals surface area contributed by atoms with Gasteiger partial charge in [-0.1, -0.05) is 0 Å². The van der Waals surface area contributed by atoms with Crippen molar-refractivity contribution >= 4 is 0 Å². The highest BCUT2D eigenvalue weighted by Crippen LogP contribution is 2.27. The first-order chi connectivity index (χ1) is 7.50. The second-order valence-electron chi connectivity index (χ2n) is 4.06. The van der Waals surface area contributed by atoms with Crippen LogP contribution in [-0.4, -0.2) is 28.0 Å². The summed E-state index contributed by atoms with van der Waals surface area (Å²) in [6.45, 7) is 4.29. The smallest absolute Gasteiger partial charge is 0.120 e.